The van der Waals surface area contributed by atoms with Gasteiger partial charge in [-0.15, -0.1) is 0 Å². The van der Waals surface area contributed by atoms with Gasteiger partial charge in [-0.25, -0.2) is 0 Å². The van der Waals surface area contributed by atoms with Crippen molar-refractivity contribution in [2.75, 3.05) is 53.0 Å². The van der Waals surface area contributed by atoms with E-state index in [9.17, 15) is 5.11 Å². The second-order valence-electron chi connectivity index (χ2n) is 6.83. The summed E-state index contributed by atoms with van der Waals surface area (Å²) in [5, 5.41) is 9.80. The Morgan fingerprint density at radius 3 is 2.33 bits per heavy atom. The van der Waals surface area contributed by atoms with Gasteiger partial charge in [0.25, 0.3) is 0 Å². The Morgan fingerprint density at radius 1 is 1.14 bits per heavy atom. The number of methoxy groups -OCH3 is 1. The van der Waals surface area contributed by atoms with Gasteiger partial charge >= 0.3 is 0 Å². The van der Waals surface area contributed by atoms with Gasteiger partial charge in [0.2, 0.25) is 0 Å². The van der Waals surface area contributed by atoms with Crippen LogP contribution in [0.1, 0.15) is 26.7 Å². The standard InChI is InChI=1S/C16H32N2O3/c1-13-8-18(9-14(2)21-13)10-15-4-6-17(7-5-15)11-16(19)12-20-3/h13-16,19H,4-12H2,1-3H3/t13-,14-,16-/m0/s1. The quantitative estimate of drug-likeness (QED) is 0.787. The number of rotatable bonds is 6. The summed E-state index contributed by atoms with van der Waals surface area (Å²) < 4.78 is 10.8. The smallest absolute Gasteiger partial charge is 0.0900 e. The maximum Gasteiger partial charge on any atom is 0.0900 e. The van der Waals surface area contributed by atoms with E-state index in [1.807, 2.05) is 0 Å². The van der Waals surface area contributed by atoms with E-state index < -0.39 is 0 Å². The molecule has 2 fully saturated rings. The molecule has 0 bridgehead atoms. The number of piperidine rings is 1. The molecule has 0 aromatic heterocycles. The molecular formula is C16H32N2O3. The van der Waals surface area contributed by atoms with Crippen LogP contribution in [0.3, 0.4) is 0 Å². The van der Waals surface area contributed by atoms with Gasteiger partial charge in [0, 0.05) is 33.3 Å². The van der Waals surface area contributed by atoms with E-state index in [1.165, 1.54) is 19.4 Å². The number of hydrogen-bond acceptors (Lipinski definition) is 5. The minimum Gasteiger partial charge on any atom is -0.389 e. The second kappa shape index (κ2) is 8.44. The molecule has 0 aromatic rings. The first-order valence-electron chi connectivity index (χ1n) is 8.34. The molecule has 0 saturated carbocycles. The number of likely N-dealkylation sites (tertiary alicyclic amines) is 1. The summed E-state index contributed by atoms with van der Waals surface area (Å²) in [5.74, 6) is 0.790. The molecule has 2 aliphatic rings. The highest BCUT2D eigenvalue weighted by atomic mass is 16.5. The zero-order valence-electron chi connectivity index (χ0n) is 13.8. The normalized spacial score (nSPS) is 31.4. The van der Waals surface area contributed by atoms with E-state index in [2.05, 4.69) is 23.6 Å². The molecule has 1 N–H and O–H groups in total. The Labute approximate surface area is 129 Å². The van der Waals surface area contributed by atoms with E-state index in [1.54, 1.807) is 7.11 Å². The number of morpholine rings is 1. The second-order valence-corrected chi connectivity index (χ2v) is 6.83. The first kappa shape index (κ1) is 17.2. The van der Waals surface area contributed by atoms with Crippen LogP contribution in [-0.4, -0.2) is 86.2 Å². The molecule has 0 aliphatic carbocycles. The minimum atomic E-state index is -0.354. The van der Waals surface area contributed by atoms with Gasteiger partial charge in [-0.1, -0.05) is 0 Å². The number of aliphatic hydroxyl groups is 1. The van der Waals surface area contributed by atoms with Crippen molar-refractivity contribution in [3.05, 3.63) is 0 Å². The third kappa shape index (κ3) is 5.83. The molecule has 5 heteroatoms. The van der Waals surface area contributed by atoms with Crippen molar-refractivity contribution < 1.29 is 14.6 Å². The summed E-state index contributed by atoms with van der Waals surface area (Å²) in [5.41, 5.74) is 0. The first-order chi connectivity index (χ1) is 10.1. The van der Waals surface area contributed by atoms with Crippen LogP contribution in [-0.2, 0) is 9.47 Å². The Balaban J connectivity index is 1.67. The molecule has 2 heterocycles. The summed E-state index contributed by atoms with van der Waals surface area (Å²) in [7, 11) is 1.64. The van der Waals surface area contributed by atoms with Crippen molar-refractivity contribution in [3.63, 3.8) is 0 Å². The van der Waals surface area contributed by atoms with Crippen molar-refractivity contribution in [3.8, 4) is 0 Å². The van der Waals surface area contributed by atoms with Crippen LogP contribution in [0.15, 0.2) is 0 Å². The minimum absolute atomic E-state index is 0.354. The van der Waals surface area contributed by atoms with Crippen molar-refractivity contribution in [1.82, 2.24) is 9.80 Å². The average Bonchev–Trinajstić information content (AvgIpc) is 2.40. The predicted molar refractivity (Wildman–Crippen MR) is 83.5 cm³/mol. The largest absolute Gasteiger partial charge is 0.389 e. The van der Waals surface area contributed by atoms with Crippen LogP contribution in [0.5, 0.6) is 0 Å². The van der Waals surface area contributed by atoms with E-state index >= 15 is 0 Å². The van der Waals surface area contributed by atoms with E-state index in [0.717, 1.165) is 38.6 Å². The highest BCUT2D eigenvalue weighted by Crippen LogP contribution is 2.21. The summed E-state index contributed by atoms with van der Waals surface area (Å²) in [6.07, 6.45) is 2.84. The highest BCUT2D eigenvalue weighted by Gasteiger charge is 2.27. The topological polar surface area (TPSA) is 45.2 Å². The maximum atomic E-state index is 9.80. The third-order valence-electron chi connectivity index (χ3n) is 4.55. The Hall–Kier alpha value is -0.200. The molecule has 3 atom stereocenters. The molecule has 0 unspecified atom stereocenters. The summed E-state index contributed by atoms with van der Waals surface area (Å²) in [6.45, 7) is 11.0. The monoisotopic (exact) mass is 300 g/mol. The lowest BCUT2D eigenvalue weighted by Crippen LogP contribution is -2.48. The fourth-order valence-electron chi connectivity index (χ4n) is 3.69. The molecule has 0 aromatic carbocycles. The van der Waals surface area contributed by atoms with Crippen LogP contribution < -0.4 is 0 Å². The van der Waals surface area contributed by atoms with Gasteiger partial charge in [-0.2, -0.15) is 0 Å². The lowest BCUT2D eigenvalue weighted by molar-refractivity contribution is -0.0735. The molecule has 0 spiro atoms. The lowest BCUT2D eigenvalue weighted by atomic mass is 9.95. The van der Waals surface area contributed by atoms with Crippen molar-refractivity contribution >= 4 is 0 Å². The molecule has 124 valence electrons. The third-order valence-corrected chi connectivity index (χ3v) is 4.55. The summed E-state index contributed by atoms with van der Waals surface area (Å²) >= 11 is 0. The molecule has 21 heavy (non-hydrogen) atoms. The molecule has 5 nitrogen and oxygen atoms in total. The first-order valence-corrected chi connectivity index (χ1v) is 8.34. The van der Waals surface area contributed by atoms with Gasteiger partial charge in [-0.3, -0.25) is 4.90 Å². The van der Waals surface area contributed by atoms with Gasteiger partial charge in [0.05, 0.1) is 24.9 Å². The number of β-amino-alcohol motifs (C(OH)–C–C–N with tert-alkyl or cyclic N) is 1. The fourth-order valence-corrected chi connectivity index (χ4v) is 3.69. The average molecular weight is 300 g/mol. The van der Waals surface area contributed by atoms with E-state index in [-0.39, 0.29) is 6.10 Å². The van der Waals surface area contributed by atoms with E-state index in [0.29, 0.717) is 18.8 Å². The Kier molecular flexibility index (Phi) is 6.89. The number of hydrogen-bond donors (Lipinski definition) is 1. The number of aliphatic hydroxyl groups excluding tert-OH is 1. The van der Waals surface area contributed by atoms with Crippen LogP contribution in [0.2, 0.25) is 0 Å². The molecule has 2 saturated heterocycles. The van der Waals surface area contributed by atoms with Crippen molar-refractivity contribution in [2.45, 2.75) is 45.0 Å². The lowest BCUT2D eigenvalue weighted by Gasteiger charge is -2.39. The Bertz CT molecular complexity index is 285. The molecule has 0 radical (unpaired) electrons. The molecule has 0 amide bonds. The van der Waals surface area contributed by atoms with Crippen molar-refractivity contribution in [2.24, 2.45) is 5.92 Å². The zero-order valence-corrected chi connectivity index (χ0v) is 13.8. The van der Waals surface area contributed by atoms with Crippen LogP contribution >= 0.6 is 0 Å². The van der Waals surface area contributed by atoms with Gasteiger partial charge < -0.3 is 19.5 Å². The van der Waals surface area contributed by atoms with Crippen molar-refractivity contribution in [1.29, 1.82) is 0 Å². The molecular weight excluding hydrogens is 268 g/mol. The summed E-state index contributed by atoms with van der Waals surface area (Å²) in [4.78, 5) is 4.93. The van der Waals surface area contributed by atoms with Gasteiger partial charge in [0.1, 0.15) is 0 Å². The summed E-state index contributed by atoms with van der Waals surface area (Å²) in [6, 6.07) is 0. The molecule has 2 rings (SSSR count). The maximum absolute atomic E-state index is 9.80. The Morgan fingerprint density at radius 2 is 1.76 bits per heavy atom. The van der Waals surface area contributed by atoms with E-state index in [4.69, 9.17) is 9.47 Å². The van der Waals surface area contributed by atoms with Gasteiger partial charge in [-0.05, 0) is 45.7 Å². The van der Waals surface area contributed by atoms with Gasteiger partial charge in [0.15, 0.2) is 0 Å². The van der Waals surface area contributed by atoms with Crippen LogP contribution in [0, 0.1) is 5.92 Å². The number of nitrogens with zero attached hydrogens (tertiary/aromatic N) is 2. The van der Waals surface area contributed by atoms with Crippen LogP contribution in [0.4, 0.5) is 0 Å². The zero-order chi connectivity index (χ0) is 15.2. The van der Waals surface area contributed by atoms with Crippen LogP contribution in [0.25, 0.3) is 0 Å². The highest BCUT2D eigenvalue weighted by molar-refractivity contribution is 4.80. The molecule has 2 aliphatic heterocycles. The number of ether oxygens (including phenoxy) is 2. The fraction of sp³-hybridized carbons (Fsp3) is 1.00. The SMILES string of the molecule is COC[C@@H](O)CN1CCC(CN2C[C@H](C)O[C@@H](C)C2)CC1. The predicted octanol–water partition coefficient (Wildman–Crippen LogP) is 0.815.